The molecule has 1 aliphatic heterocycles. The molecule has 1 aliphatic rings. The van der Waals surface area contributed by atoms with Crippen LogP contribution in [0.15, 0.2) is 24.3 Å². The van der Waals surface area contributed by atoms with Gasteiger partial charge in [0, 0.05) is 11.6 Å². The fourth-order valence-corrected chi connectivity index (χ4v) is 2.45. The number of hydrogen-bond donors (Lipinski definition) is 1. The van der Waals surface area contributed by atoms with Crippen LogP contribution in [0, 0.1) is 0 Å². The first-order valence-corrected chi connectivity index (χ1v) is 5.67. The van der Waals surface area contributed by atoms with Gasteiger partial charge in [0.25, 0.3) is 0 Å². The molecule has 0 amide bonds. The van der Waals surface area contributed by atoms with Crippen molar-refractivity contribution in [3.05, 3.63) is 34.9 Å². The van der Waals surface area contributed by atoms with Gasteiger partial charge in [0.15, 0.2) is 0 Å². The summed E-state index contributed by atoms with van der Waals surface area (Å²) in [7, 11) is 4.28. The van der Waals surface area contributed by atoms with Gasteiger partial charge < -0.3 is 5.32 Å². The van der Waals surface area contributed by atoms with Gasteiger partial charge in [0.1, 0.15) is 0 Å². The van der Waals surface area contributed by atoms with Crippen LogP contribution in [-0.4, -0.2) is 32.1 Å². The lowest BCUT2D eigenvalue weighted by Crippen LogP contribution is -2.43. The van der Waals surface area contributed by atoms with Crippen LogP contribution in [0.1, 0.15) is 12.0 Å². The zero-order chi connectivity index (χ0) is 10.9. The van der Waals surface area contributed by atoms with Gasteiger partial charge in [-0.2, -0.15) is 0 Å². The molecule has 0 saturated carbocycles. The highest BCUT2D eigenvalue weighted by Crippen LogP contribution is 2.33. The predicted molar refractivity (Wildman–Crippen MR) is 64.3 cm³/mol. The zero-order valence-electron chi connectivity index (χ0n) is 9.26. The maximum atomic E-state index is 5.91. The second-order valence-corrected chi connectivity index (χ2v) is 4.80. The highest BCUT2D eigenvalue weighted by Gasteiger charge is 2.37. The van der Waals surface area contributed by atoms with E-state index in [0.29, 0.717) is 0 Å². The van der Waals surface area contributed by atoms with E-state index in [1.165, 1.54) is 5.56 Å². The van der Waals surface area contributed by atoms with Crippen LogP contribution in [0.5, 0.6) is 0 Å². The van der Waals surface area contributed by atoms with E-state index in [0.717, 1.165) is 24.5 Å². The summed E-state index contributed by atoms with van der Waals surface area (Å²) in [5.41, 5.74) is 1.49. The van der Waals surface area contributed by atoms with Crippen LogP contribution in [0.2, 0.25) is 5.02 Å². The monoisotopic (exact) mass is 224 g/mol. The molecular weight excluding hydrogens is 208 g/mol. The maximum Gasteiger partial charge on any atom is 0.0593 e. The molecular formula is C12H17ClN2. The van der Waals surface area contributed by atoms with Gasteiger partial charge in [-0.25, -0.2) is 0 Å². The largest absolute Gasteiger partial charge is 0.314 e. The molecule has 15 heavy (non-hydrogen) atoms. The van der Waals surface area contributed by atoms with Crippen LogP contribution >= 0.6 is 11.6 Å². The summed E-state index contributed by atoms with van der Waals surface area (Å²) in [5.74, 6) is 0. The molecule has 1 saturated heterocycles. The van der Waals surface area contributed by atoms with Gasteiger partial charge in [-0.05, 0) is 44.8 Å². The van der Waals surface area contributed by atoms with E-state index in [1.54, 1.807) is 0 Å². The van der Waals surface area contributed by atoms with Crippen molar-refractivity contribution in [3.63, 3.8) is 0 Å². The van der Waals surface area contributed by atoms with Crippen molar-refractivity contribution in [2.45, 2.75) is 12.0 Å². The first-order valence-electron chi connectivity index (χ1n) is 5.29. The Morgan fingerprint density at radius 3 is 2.40 bits per heavy atom. The number of benzene rings is 1. The van der Waals surface area contributed by atoms with E-state index in [-0.39, 0.29) is 5.54 Å². The molecule has 3 heteroatoms. The molecule has 0 radical (unpaired) electrons. The molecule has 1 aromatic rings. The Morgan fingerprint density at radius 2 is 1.93 bits per heavy atom. The van der Waals surface area contributed by atoms with Crippen LogP contribution in [0.4, 0.5) is 0 Å². The first kappa shape index (κ1) is 10.9. The molecule has 82 valence electrons. The van der Waals surface area contributed by atoms with Crippen LogP contribution in [0.25, 0.3) is 0 Å². The number of likely N-dealkylation sites (N-methyl/N-ethyl adjacent to an activating group) is 1. The zero-order valence-corrected chi connectivity index (χ0v) is 10.0. The van der Waals surface area contributed by atoms with E-state index in [9.17, 15) is 0 Å². The minimum atomic E-state index is 0.143. The summed E-state index contributed by atoms with van der Waals surface area (Å²) in [5, 5.41) is 4.24. The number of hydrogen-bond acceptors (Lipinski definition) is 2. The quantitative estimate of drug-likeness (QED) is 0.828. The van der Waals surface area contributed by atoms with Gasteiger partial charge in [-0.15, -0.1) is 0 Å². The molecule has 1 aromatic carbocycles. The lowest BCUT2D eigenvalue weighted by molar-refractivity contribution is 0.174. The smallest absolute Gasteiger partial charge is 0.0593 e. The highest BCUT2D eigenvalue weighted by molar-refractivity contribution is 6.30. The normalized spacial score (nSPS) is 26.1. The van der Waals surface area contributed by atoms with Gasteiger partial charge in [-0.3, -0.25) is 4.90 Å². The molecule has 1 fully saturated rings. The van der Waals surface area contributed by atoms with Gasteiger partial charge in [0.05, 0.1) is 5.54 Å². The van der Waals surface area contributed by atoms with E-state index in [1.807, 2.05) is 12.1 Å². The van der Waals surface area contributed by atoms with E-state index < -0.39 is 0 Å². The minimum Gasteiger partial charge on any atom is -0.314 e. The van der Waals surface area contributed by atoms with Crippen LogP contribution in [-0.2, 0) is 5.54 Å². The Balaban J connectivity index is 2.36. The lowest BCUT2D eigenvalue weighted by Gasteiger charge is -2.36. The third-order valence-electron chi connectivity index (χ3n) is 3.37. The number of halogens is 1. The molecule has 0 aromatic heterocycles. The topological polar surface area (TPSA) is 15.3 Å². The Morgan fingerprint density at radius 1 is 1.27 bits per heavy atom. The third kappa shape index (κ3) is 1.89. The second kappa shape index (κ2) is 4.12. The molecule has 0 spiro atoms. The van der Waals surface area contributed by atoms with E-state index in [2.05, 4.69) is 36.4 Å². The Bertz CT molecular complexity index is 326. The summed E-state index contributed by atoms with van der Waals surface area (Å²) in [6.07, 6.45) is 1.15. The number of rotatable bonds is 2. The molecule has 1 N–H and O–H groups in total. The van der Waals surface area contributed by atoms with E-state index >= 15 is 0 Å². The Labute approximate surface area is 96.2 Å². The van der Waals surface area contributed by atoms with E-state index in [4.69, 9.17) is 11.6 Å². The average Bonchev–Trinajstić information content (AvgIpc) is 2.69. The van der Waals surface area contributed by atoms with Gasteiger partial charge >= 0.3 is 0 Å². The lowest BCUT2D eigenvalue weighted by atomic mass is 9.88. The molecule has 1 atom stereocenters. The van der Waals surface area contributed by atoms with Crippen molar-refractivity contribution < 1.29 is 0 Å². The summed E-state index contributed by atoms with van der Waals surface area (Å²) < 4.78 is 0. The summed E-state index contributed by atoms with van der Waals surface area (Å²) in [6, 6.07) is 8.21. The molecule has 0 aliphatic carbocycles. The minimum absolute atomic E-state index is 0.143. The number of nitrogens with one attached hydrogen (secondary N) is 1. The molecule has 0 bridgehead atoms. The number of nitrogens with zero attached hydrogens (tertiary/aromatic N) is 1. The van der Waals surface area contributed by atoms with Crippen molar-refractivity contribution in [3.8, 4) is 0 Å². The third-order valence-corrected chi connectivity index (χ3v) is 3.62. The predicted octanol–water partition coefficient (Wildman–Crippen LogP) is 2.09. The van der Waals surface area contributed by atoms with Crippen molar-refractivity contribution in [1.82, 2.24) is 10.2 Å². The second-order valence-electron chi connectivity index (χ2n) is 4.36. The molecule has 1 unspecified atom stereocenters. The van der Waals surface area contributed by atoms with Crippen molar-refractivity contribution in [2.75, 3.05) is 27.2 Å². The van der Waals surface area contributed by atoms with Crippen molar-refractivity contribution in [1.29, 1.82) is 0 Å². The van der Waals surface area contributed by atoms with Gasteiger partial charge in [0.2, 0.25) is 0 Å². The van der Waals surface area contributed by atoms with Crippen molar-refractivity contribution >= 4 is 11.6 Å². The Hall–Kier alpha value is -0.570. The first-order chi connectivity index (χ1) is 7.15. The van der Waals surface area contributed by atoms with Gasteiger partial charge in [-0.1, -0.05) is 23.7 Å². The summed E-state index contributed by atoms with van der Waals surface area (Å²) >= 11 is 5.91. The summed E-state index contributed by atoms with van der Waals surface area (Å²) in [6.45, 7) is 2.10. The SMILES string of the molecule is CN(C)C1(c2ccc(Cl)cc2)CCNC1. The molecule has 2 nitrogen and oxygen atoms in total. The maximum absolute atomic E-state index is 5.91. The van der Waals surface area contributed by atoms with Crippen LogP contribution in [0.3, 0.4) is 0 Å². The Kier molecular flexibility index (Phi) is 3.01. The highest BCUT2D eigenvalue weighted by atomic mass is 35.5. The fraction of sp³-hybridized carbons (Fsp3) is 0.500. The fourth-order valence-electron chi connectivity index (χ4n) is 2.33. The van der Waals surface area contributed by atoms with Crippen LogP contribution < -0.4 is 5.32 Å². The average molecular weight is 225 g/mol. The standard InChI is InChI=1S/C12H17ClN2/c1-15(2)12(7-8-14-9-12)10-3-5-11(13)6-4-10/h3-6,14H,7-9H2,1-2H3. The van der Waals surface area contributed by atoms with Crippen molar-refractivity contribution in [2.24, 2.45) is 0 Å². The molecule has 1 heterocycles. The molecule has 2 rings (SSSR count). The summed E-state index contributed by atoms with van der Waals surface area (Å²) in [4.78, 5) is 2.30.